The van der Waals surface area contributed by atoms with Crippen molar-refractivity contribution in [2.24, 2.45) is 0 Å². The molecule has 0 atom stereocenters. The van der Waals surface area contributed by atoms with Gasteiger partial charge in [0.15, 0.2) is 0 Å². The van der Waals surface area contributed by atoms with Crippen LogP contribution in [0.15, 0.2) is 12.1 Å². The molecule has 0 saturated carbocycles. The van der Waals surface area contributed by atoms with Crippen molar-refractivity contribution in [3.63, 3.8) is 0 Å². The zero-order chi connectivity index (χ0) is 12.8. The molecule has 0 aliphatic carbocycles. The third-order valence-corrected chi connectivity index (χ3v) is 3.42. The fourth-order valence-electron chi connectivity index (χ4n) is 1.79. The van der Waals surface area contributed by atoms with Gasteiger partial charge in [0.1, 0.15) is 12.4 Å². The fraction of sp³-hybridized carbons (Fsp3) is 0.571. The molecular formula is C14H22ClNO. The molecule has 1 rings (SSSR count). The Morgan fingerprint density at radius 1 is 1.12 bits per heavy atom. The Balaban J connectivity index is 2.55. The molecule has 0 aromatic heterocycles. The normalized spacial score (nSPS) is 10.9. The third-order valence-electron chi connectivity index (χ3n) is 3.02. The van der Waals surface area contributed by atoms with Gasteiger partial charge in [0, 0.05) is 11.6 Å². The Kier molecular flexibility index (Phi) is 5.79. The quantitative estimate of drug-likeness (QED) is 0.769. The van der Waals surface area contributed by atoms with Gasteiger partial charge in [0.2, 0.25) is 0 Å². The van der Waals surface area contributed by atoms with Crippen LogP contribution in [0.1, 0.15) is 25.0 Å². The van der Waals surface area contributed by atoms with Crippen LogP contribution >= 0.6 is 11.6 Å². The van der Waals surface area contributed by atoms with E-state index in [1.54, 1.807) is 0 Å². The van der Waals surface area contributed by atoms with E-state index < -0.39 is 0 Å². The van der Waals surface area contributed by atoms with Crippen LogP contribution in [0.3, 0.4) is 0 Å². The second-order valence-corrected chi connectivity index (χ2v) is 4.65. The summed E-state index contributed by atoms with van der Waals surface area (Å²) in [6, 6.07) is 3.98. The SMILES string of the molecule is CCN(CC)CCOc1cc(Cl)c(C)cc1C. The maximum Gasteiger partial charge on any atom is 0.123 e. The first-order valence-corrected chi connectivity index (χ1v) is 6.58. The van der Waals surface area contributed by atoms with E-state index in [4.69, 9.17) is 16.3 Å². The molecule has 0 aliphatic heterocycles. The maximum atomic E-state index is 6.09. The molecular weight excluding hydrogens is 234 g/mol. The van der Waals surface area contributed by atoms with Gasteiger partial charge in [0.25, 0.3) is 0 Å². The Morgan fingerprint density at radius 2 is 1.76 bits per heavy atom. The molecule has 0 spiro atoms. The van der Waals surface area contributed by atoms with E-state index in [9.17, 15) is 0 Å². The second-order valence-electron chi connectivity index (χ2n) is 4.24. The summed E-state index contributed by atoms with van der Waals surface area (Å²) in [5.74, 6) is 0.896. The van der Waals surface area contributed by atoms with E-state index in [2.05, 4.69) is 31.7 Å². The van der Waals surface area contributed by atoms with Crippen molar-refractivity contribution in [3.8, 4) is 5.75 Å². The van der Waals surface area contributed by atoms with E-state index >= 15 is 0 Å². The van der Waals surface area contributed by atoms with Gasteiger partial charge in [-0.25, -0.2) is 0 Å². The summed E-state index contributed by atoms with van der Waals surface area (Å²) in [5, 5.41) is 0.772. The number of benzene rings is 1. The number of hydrogen-bond donors (Lipinski definition) is 0. The number of aryl methyl sites for hydroxylation is 2. The summed E-state index contributed by atoms with van der Waals surface area (Å²) in [7, 11) is 0. The molecule has 2 nitrogen and oxygen atoms in total. The van der Waals surface area contributed by atoms with Gasteiger partial charge in [-0.15, -0.1) is 0 Å². The molecule has 0 heterocycles. The predicted octanol–water partition coefficient (Wildman–Crippen LogP) is 3.68. The fourth-order valence-corrected chi connectivity index (χ4v) is 1.94. The molecule has 17 heavy (non-hydrogen) atoms. The molecule has 96 valence electrons. The smallest absolute Gasteiger partial charge is 0.123 e. The van der Waals surface area contributed by atoms with Crippen LogP contribution in [0.5, 0.6) is 5.75 Å². The summed E-state index contributed by atoms with van der Waals surface area (Å²) in [6.07, 6.45) is 0. The van der Waals surface area contributed by atoms with Gasteiger partial charge in [-0.2, -0.15) is 0 Å². The van der Waals surface area contributed by atoms with Gasteiger partial charge in [-0.1, -0.05) is 31.5 Å². The average Bonchev–Trinajstić information content (AvgIpc) is 2.31. The Morgan fingerprint density at radius 3 is 2.35 bits per heavy atom. The molecule has 0 amide bonds. The van der Waals surface area contributed by atoms with Crippen molar-refractivity contribution in [3.05, 3.63) is 28.3 Å². The van der Waals surface area contributed by atoms with Crippen molar-refractivity contribution in [2.75, 3.05) is 26.2 Å². The molecule has 1 aromatic carbocycles. The first-order valence-electron chi connectivity index (χ1n) is 6.20. The summed E-state index contributed by atoms with van der Waals surface area (Å²) in [5.41, 5.74) is 2.24. The zero-order valence-corrected chi connectivity index (χ0v) is 12.0. The molecule has 1 aromatic rings. The minimum absolute atomic E-state index is 0.710. The van der Waals surface area contributed by atoms with Crippen LogP contribution in [0.25, 0.3) is 0 Å². The highest BCUT2D eigenvalue weighted by atomic mass is 35.5. The lowest BCUT2D eigenvalue weighted by Crippen LogP contribution is -2.28. The van der Waals surface area contributed by atoms with Crippen LogP contribution in [0.4, 0.5) is 0 Å². The summed E-state index contributed by atoms with van der Waals surface area (Å²) >= 11 is 6.09. The largest absolute Gasteiger partial charge is 0.492 e. The minimum atomic E-state index is 0.710. The predicted molar refractivity (Wildman–Crippen MR) is 74.2 cm³/mol. The van der Waals surface area contributed by atoms with E-state index in [0.29, 0.717) is 6.61 Å². The molecule has 0 aliphatic rings. The minimum Gasteiger partial charge on any atom is -0.492 e. The zero-order valence-electron chi connectivity index (χ0n) is 11.2. The highest BCUT2D eigenvalue weighted by Crippen LogP contribution is 2.26. The third kappa shape index (κ3) is 4.21. The number of halogens is 1. The molecule has 0 N–H and O–H groups in total. The van der Waals surface area contributed by atoms with Gasteiger partial charge in [-0.05, 0) is 44.1 Å². The lowest BCUT2D eigenvalue weighted by molar-refractivity contribution is 0.222. The summed E-state index contributed by atoms with van der Waals surface area (Å²) in [6.45, 7) is 12.2. The molecule has 0 fully saturated rings. The lowest BCUT2D eigenvalue weighted by Gasteiger charge is -2.18. The van der Waals surface area contributed by atoms with Crippen LogP contribution in [-0.2, 0) is 0 Å². The van der Waals surface area contributed by atoms with Crippen molar-refractivity contribution < 1.29 is 4.74 Å². The molecule has 0 bridgehead atoms. The van der Waals surface area contributed by atoms with Crippen LogP contribution in [0, 0.1) is 13.8 Å². The second kappa shape index (κ2) is 6.87. The molecule has 0 radical (unpaired) electrons. The highest BCUT2D eigenvalue weighted by molar-refractivity contribution is 6.31. The number of hydrogen-bond acceptors (Lipinski definition) is 2. The Bertz CT molecular complexity index is 361. The summed E-state index contributed by atoms with van der Waals surface area (Å²) < 4.78 is 5.78. The van der Waals surface area contributed by atoms with Gasteiger partial charge in [-0.3, -0.25) is 0 Å². The monoisotopic (exact) mass is 255 g/mol. The Labute approximate surface area is 110 Å². The molecule has 3 heteroatoms. The lowest BCUT2D eigenvalue weighted by atomic mass is 10.1. The van der Waals surface area contributed by atoms with Gasteiger partial charge in [0.05, 0.1) is 0 Å². The van der Waals surface area contributed by atoms with E-state index in [1.807, 2.05) is 13.0 Å². The van der Waals surface area contributed by atoms with Crippen molar-refractivity contribution in [1.82, 2.24) is 4.90 Å². The first-order chi connectivity index (χ1) is 8.08. The number of nitrogens with zero attached hydrogens (tertiary/aromatic N) is 1. The van der Waals surface area contributed by atoms with Crippen LogP contribution < -0.4 is 4.74 Å². The molecule has 0 saturated heterocycles. The Hall–Kier alpha value is -0.730. The highest BCUT2D eigenvalue weighted by Gasteiger charge is 2.05. The first kappa shape index (κ1) is 14.3. The van der Waals surface area contributed by atoms with E-state index in [-0.39, 0.29) is 0 Å². The van der Waals surface area contributed by atoms with Crippen LogP contribution in [0.2, 0.25) is 5.02 Å². The van der Waals surface area contributed by atoms with E-state index in [0.717, 1.165) is 41.5 Å². The van der Waals surface area contributed by atoms with Crippen molar-refractivity contribution >= 4 is 11.6 Å². The standard InChI is InChI=1S/C14H22ClNO/c1-5-16(6-2)7-8-17-14-10-13(15)11(3)9-12(14)4/h9-10H,5-8H2,1-4H3. The van der Waals surface area contributed by atoms with E-state index in [1.165, 1.54) is 0 Å². The number of ether oxygens (including phenoxy) is 1. The summed E-state index contributed by atoms with van der Waals surface area (Å²) in [4.78, 5) is 2.34. The topological polar surface area (TPSA) is 12.5 Å². The maximum absolute atomic E-state index is 6.09. The molecule has 0 unspecified atom stereocenters. The van der Waals surface area contributed by atoms with Gasteiger partial charge >= 0.3 is 0 Å². The van der Waals surface area contributed by atoms with Crippen molar-refractivity contribution in [1.29, 1.82) is 0 Å². The van der Waals surface area contributed by atoms with Crippen molar-refractivity contribution in [2.45, 2.75) is 27.7 Å². The van der Waals surface area contributed by atoms with Gasteiger partial charge < -0.3 is 9.64 Å². The number of rotatable bonds is 6. The van der Waals surface area contributed by atoms with Crippen LogP contribution in [-0.4, -0.2) is 31.1 Å². The average molecular weight is 256 g/mol. The number of likely N-dealkylation sites (N-methyl/N-ethyl adjacent to an activating group) is 1.